The number of carbonyl (C=O) groups is 2. The predicted octanol–water partition coefficient (Wildman–Crippen LogP) is 1.27. The van der Waals surface area contributed by atoms with Gasteiger partial charge in [-0.15, -0.1) is 11.8 Å². The van der Waals surface area contributed by atoms with Gasteiger partial charge in [0.2, 0.25) is 5.91 Å². The van der Waals surface area contributed by atoms with Gasteiger partial charge < -0.3 is 15.7 Å². The van der Waals surface area contributed by atoms with Crippen molar-refractivity contribution in [2.75, 3.05) is 5.75 Å². The Bertz CT molecular complexity index is 382. The molecule has 3 atom stereocenters. The molecule has 108 valence electrons. The zero-order valence-corrected chi connectivity index (χ0v) is 12.3. The Balaban J connectivity index is 2.20. The monoisotopic (exact) mass is 286 g/mol. The summed E-state index contributed by atoms with van der Waals surface area (Å²) in [7, 11) is 0. The van der Waals surface area contributed by atoms with Crippen LogP contribution in [-0.4, -0.2) is 44.6 Å². The van der Waals surface area contributed by atoms with Gasteiger partial charge in [-0.25, -0.2) is 4.79 Å². The van der Waals surface area contributed by atoms with Gasteiger partial charge in [-0.05, 0) is 32.1 Å². The molecule has 3 unspecified atom stereocenters. The van der Waals surface area contributed by atoms with Crippen LogP contribution in [0.4, 0.5) is 0 Å². The zero-order valence-electron chi connectivity index (χ0n) is 11.5. The normalized spacial score (nSPS) is 30.2. The highest BCUT2D eigenvalue weighted by atomic mass is 32.2. The van der Waals surface area contributed by atoms with Crippen LogP contribution in [0.2, 0.25) is 0 Å². The second-order valence-corrected chi connectivity index (χ2v) is 6.91. The maximum Gasteiger partial charge on any atom is 0.327 e. The number of thioether (sulfide) groups is 1. The SMILES string of the molecule is CCCC1SCC(C(=O)O)N1C(=O)C(C)(N)C1CC1. The van der Waals surface area contributed by atoms with Crippen LogP contribution in [-0.2, 0) is 9.59 Å². The van der Waals surface area contributed by atoms with Crippen molar-refractivity contribution in [2.24, 2.45) is 11.7 Å². The number of hydrogen-bond acceptors (Lipinski definition) is 4. The summed E-state index contributed by atoms with van der Waals surface area (Å²) < 4.78 is 0. The van der Waals surface area contributed by atoms with Crippen LogP contribution in [0.25, 0.3) is 0 Å². The highest BCUT2D eigenvalue weighted by molar-refractivity contribution is 8.00. The minimum atomic E-state index is -0.925. The van der Waals surface area contributed by atoms with Crippen LogP contribution in [0, 0.1) is 5.92 Å². The number of nitrogens with zero attached hydrogens (tertiary/aromatic N) is 1. The first kappa shape index (κ1) is 14.7. The largest absolute Gasteiger partial charge is 0.480 e. The minimum absolute atomic E-state index is 0.0415. The molecule has 1 aliphatic heterocycles. The zero-order chi connectivity index (χ0) is 14.2. The van der Waals surface area contributed by atoms with Crippen molar-refractivity contribution in [3.8, 4) is 0 Å². The van der Waals surface area contributed by atoms with Gasteiger partial charge in [-0.1, -0.05) is 13.3 Å². The maximum absolute atomic E-state index is 12.7. The van der Waals surface area contributed by atoms with Gasteiger partial charge >= 0.3 is 5.97 Å². The van der Waals surface area contributed by atoms with E-state index in [1.807, 2.05) is 6.92 Å². The molecule has 1 aliphatic carbocycles. The van der Waals surface area contributed by atoms with E-state index in [0.717, 1.165) is 25.7 Å². The van der Waals surface area contributed by atoms with Crippen molar-refractivity contribution in [3.05, 3.63) is 0 Å². The van der Waals surface area contributed by atoms with E-state index in [2.05, 4.69) is 0 Å². The smallest absolute Gasteiger partial charge is 0.327 e. The summed E-state index contributed by atoms with van der Waals surface area (Å²) in [6.45, 7) is 3.79. The van der Waals surface area contributed by atoms with Crippen LogP contribution in [0.1, 0.15) is 39.5 Å². The number of aliphatic carboxylic acids is 1. The Morgan fingerprint density at radius 2 is 2.11 bits per heavy atom. The third-order valence-electron chi connectivity index (χ3n) is 4.03. The molecule has 1 saturated heterocycles. The van der Waals surface area contributed by atoms with E-state index in [-0.39, 0.29) is 17.2 Å². The molecule has 3 N–H and O–H groups in total. The van der Waals surface area contributed by atoms with Crippen molar-refractivity contribution in [1.29, 1.82) is 0 Å². The van der Waals surface area contributed by atoms with Gasteiger partial charge in [0, 0.05) is 5.75 Å². The summed E-state index contributed by atoms with van der Waals surface area (Å²) in [5.74, 6) is -0.439. The van der Waals surface area contributed by atoms with Crippen LogP contribution < -0.4 is 5.73 Å². The first-order valence-electron chi connectivity index (χ1n) is 6.85. The number of nitrogens with two attached hydrogens (primary N) is 1. The van der Waals surface area contributed by atoms with Gasteiger partial charge in [-0.2, -0.15) is 0 Å². The molecule has 1 saturated carbocycles. The Labute approximate surface area is 117 Å². The van der Waals surface area contributed by atoms with E-state index in [4.69, 9.17) is 5.73 Å². The summed E-state index contributed by atoms with van der Waals surface area (Å²) in [5.41, 5.74) is 5.26. The van der Waals surface area contributed by atoms with E-state index >= 15 is 0 Å². The molecule has 1 amide bonds. The van der Waals surface area contributed by atoms with E-state index in [1.165, 1.54) is 4.90 Å². The third-order valence-corrected chi connectivity index (χ3v) is 5.39. The molecule has 6 heteroatoms. The fraction of sp³-hybridized carbons (Fsp3) is 0.846. The molecule has 1 heterocycles. The molecule has 0 bridgehead atoms. The van der Waals surface area contributed by atoms with E-state index in [9.17, 15) is 14.7 Å². The number of carboxylic acids is 1. The van der Waals surface area contributed by atoms with Gasteiger partial charge in [0.1, 0.15) is 6.04 Å². The molecule has 0 aromatic heterocycles. The second-order valence-electron chi connectivity index (χ2n) is 5.70. The predicted molar refractivity (Wildman–Crippen MR) is 74.7 cm³/mol. The summed E-state index contributed by atoms with van der Waals surface area (Å²) >= 11 is 1.56. The quantitative estimate of drug-likeness (QED) is 0.795. The number of carbonyl (C=O) groups excluding carboxylic acids is 1. The van der Waals surface area contributed by atoms with E-state index in [1.54, 1.807) is 18.7 Å². The molecular formula is C13H22N2O3S. The number of rotatable bonds is 5. The van der Waals surface area contributed by atoms with Gasteiger partial charge in [0.25, 0.3) is 0 Å². The molecule has 0 radical (unpaired) electrons. The topological polar surface area (TPSA) is 83.6 Å². The lowest BCUT2D eigenvalue weighted by Gasteiger charge is -2.34. The Kier molecular flexibility index (Phi) is 4.11. The van der Waals surface area contributed by atoms with Crippen molar-refractivity contribution in [3.63, 3.8) is 0 Å². The van der Waals surface area contributed by atoms with E-state index in [0.29, 0.717) is 5.75 Å². The van der Waals surface area contributed by atoms with Gasteiger partial charge in [-0.3, -0.25) is 4.79 Å². The highest BCUT2D eigenvalue weighted by Gasteiger charge is 2.51. The Hall–Kier alpha value is -0.750. The number of amides is 1. The molecule has 0 spiro atoms. The highest BCUT2D eigenvalue weighted by Crippen LogP contribution is 2.42. The fourth-order valence-corrected chi connectivity index (χ4v) is 4.14. The fourth-order valence-electron chi connectivity index (χ4n) is 2.63. The first-order chi connectivity index (χ1) is 8.89. The lowest BCUT2D eigenvalue weighted by molar-refractivity contribution is -0.151. The van der Waals surface area contributed by atoms with E-state index < -0.39 is 17.6 Å². The lowest BCUT2D eigenvalue weighted by Crippen LogP contribution is -2.59. The first-order valence-corrected chi connectivity index (χ1v) is 7.90. The standard InChI is InChI=1S/C13H22N2O3S/c1-3-4-10-15(9(7-19-10)11(16)17)12(18)13(2,14)8-5-6-8/h8-10H,3-7,14H2,1-2H3,(H,16,17). The molecular weight excluding hydrogens is 264 g/mol. The molecule has 5 nitrogen and oxygen atoms in total. The molecule has 2 rings (SSSR count). The average Bonchev–Trinajstić information content (AvgIpc) is 3.11. The van der Waals surface area contributed by atoms with Crippen LogP contribution in [0.5, 0.6) is 0 Å². The summed E-state index contributed by atoms with van der Waals surface area (Å²) in [4.78, 5) is 25.5. The van der Waals surface area contributed by atoms with Gasteiger partial charge in [0.15, 0.2) is 0 Å². The third kappa shape index (κ3) is 2.74. The van der Waals surface area contributed by atoms with Crippen LogP contribution >= 0.6 is 11.8 Å². The van der Waals surface area contributed by atoms with Crippen molar-refractivity contribution >= 4 is 23.6 Å². The average molecular weight is 286 g/mol. The molecule has 2 aliphatic rings. The van der Waals surface area contributed by atoms with Crippen molar-refractivity contribution in [1.82, 2.24) is 4.90 Å². The summed E-state index contributed by atoms with van der Waals surface area (Å²) in [5, 5.41) is 9.25. The summed E-state index contributed by atoms with van der Waals surface area (Å²) in [6.07, 6.45) is 3.69. The van der Waals surface area contributed by atoms with Gasteiger partial charge in [0.05, 0.1) is 10.9 Å². The molecule has 2 fully saturated rings. The second kappa shape index (κ2) is 5.32. The molecule has 0 aromatic carbocycles. The molecule has 0 aromatic rings. The summed E-state index contributed by atoms with van der Waals surface area (Å²) in [6, 6.07) is -0.726. The number of carboxylic acid groups (broad SMARTS) is 1. The minimum Gasteiger partial charge on any atom is -0.480 e. The van der Waals surface area contributed by atoms with Crippen molar-refractivity contribution in [2.45, 2.75) is 56.5 Å². The maximum atomic E-state index is 12.7. The Morgan fingerprint density at radius 1 is 1.47 bits per heavy atom. The van der Waals surface area contributed by atoms with Crippen LogP contribution in [0.3, 0.4) is 0 Å². The lowest BCUT2D eigenvalue weighted by atomic mass is 9.94. The Morgan fingerprint density at radius 3 is 2.58 bits per heavy atom. The van der Waals surface area contributed by atoms with Crippen LogP contribution in [0.15, 0.2) is 0 Å². The number of hydrogen-bond donors (Lipinski definition) is 2. The van der Waals surface area contributed by atoms with Crippen molar-refractivity contribution < 1.29 is 14.7 Å². The molecule has 19 heavy (non-hydrogen) atoms.